The fourth-order valence-electron chi connectivity index (χ4n) is 6.51. The second kappa shape index (κ2) is 30.5. The summed E-state index contributed by atoms with van der Waals surface area (Å²) in [6.07, 6.45) is -1.97. The van der Waals surface area contributed by atoms with Gasteiger partial charge in [-0.3, -0.25) is 47.9 Å². The van der Waals surface area contributed by atoms with Crippen molar-refractivity contribution in [2.24, 2.45) is 29.0 Å². The SMILES string of the molecule is CC(C)CC(N)C(=O)NC(CCC(=O)O)C(=O)NC(CC(=O)O)C(=O)NCC(=O)NC(CCC(N)=O)C(=O)NC(CCCCN)C(=O)NC(Cc1ccccc1)C(=O)NC(CC(C)C)C(=O)O. The topological polar surface area (TPSA) is 411 Å². The van der Waals surface area contributed by atoms with E-state index in [1.54, 1.807) is 58.0 Å². The van der Waals surface area contributed by atoms with Crippen molar-refractivity contribution in [2.75, 3.05) is 13.1 Å². The van der Waals surface area contributed by atoms with Crippen LogP contribution in [0.2, 0.25) is 0 Å². The van der Waals surface area contributed by atoms with E-state index in [9.17, 15) is 68.1 Å². The Balaban J connectivity index is 3.30. The zero-order chi connectivity index (χ0) is 50.8. The summed E-state index contributed by atoms with van der Waals surface area (Å²) >= 11 is 0. The van der Waals surface area contributed by atoms with Gasteiger partial charge in [-0.2, -0.15) is 0 Å². The van der Waals surface area contributed by atoms with Gasteiger partial charge in [-0.1, -0.05) is 58.0 Å². The summed E-state index contributed by atoms with van der Waals surface area (Å²) in [6.45, 7) is 6.44. The van der Waals surface area contributed by atoms with Crippen molar-refractivity contribution in [3.05, 3.63) is 35.9 Å². The molecule has 16 N–H and O–H groups in total. The Bertz CT molecular complexity index is 1870. The van der Waals surface area contributed by atoms with Gasteiger partial charge in [-0.25, -0.2) is 4.79 Å². The monoisotopic (exact) mass is 948 g/mol. The number of carbonyl (C=O) groups is 11. The number of amides is 8. The highest BCUT2D eigenvalue weighted by atomic mass is 16.4. The van der Waals surface area contributed by atoms with Gasteiger partial charge < -0.3 is 69.7 Å². The van der Waals surface area contributed by atoms with Gasteiger partial charge in [-0.05, 0) is 68.9 Å². The standard InChI is InChI=1S/C43H68N10O14/c1-23(2)18-26(45)37(60)49-29(14-16-35(56)57)41(64)52-31(21-36(58)59)38(61)47-22-34(55)48-28(13-15-33(46)54)40(63)50-27(12-8-9-17-44)39(62)51-30(20-25-10-6-5-7-11-25)42(65)53-32(43(66)67)19-24(3)4/h5-7,10-11,23-24,26-32H,8-9,12-22,44-45H2,1-4H3,(H2,46,54)(H,47,61)(H,48,55)(H,49,60)(H,50,63)(H,51,62)(H,52,64)(H,53,65)(H,56,57)(H,58,59)(H,66,67). The van der Waals surface area contributed by atoms with Crippen LogP contribution in [0.5, 0.6) is 0 Å². The minimum absolute atomic E-state index is 0.0164. The molecular weight excluding hydrogens is 881 g/mol. The molecule has 24 heteroatoms. The van der Waals surface area contributed by atoms with Crippen LogP contribution in [-0.4, -0.2) is 136 Å². The summed E-state index contributed by atoms with van der Waals surface area (Å²) in [6, 6.07) is -1.46. The molecule has 0 saturated carbocycles. The molecule has 7 atom stereocenters. The van der Waals surface area contributed by atoms with Crippen LogP contribution < -0.4 is 54.4 Å². The molecule has 374 valence electrons. The van der Waals surface area contributed by atoms with Crippen molar-refractivity contribution in [3.8, 4) is 0 Å². The first-order valence-electron chi connectivity index (χ1n) is 22.0. The molecule has 67 heavy (non-hydrogen) atoms. The van der Waals surface area contributed by atoms with Crippen LogP contribution in [0.3, 0.4) is 0 Å². The largest absolute Gasteiger partial charge is 0.481 e. The van der Waals surface area contributed by atoms with Crippen LogP contribution in [0.1, 0.15) is 97.5 Å². The van der Waals surface area contributed by atoms with Crippen molar-refractivity contribution in [1.29, 1.82) is 0 Å². The molecule has 0 aliphatic carbocycles. The number of nitrogens with two attached hydrogens (primary N) is 3. The summed E-state index contributed by atoms with van der Waals surface area (Å²) in [5.41, 5.74) is 17.5. The van der Waals surface area contributed by atoms with Crippen LogP contribution in [0.25, 0.3) is 0 Å². The Labute approximate surface area is 388 Å². The molecule has 0 saturated heterocycles. The predicted octanol–water partition coefficient (Wildman–Crippen LogP) is -2.51. The molecule has 0 aromatic heterocycles. The Morgan fingerprint density at radius 2 is 1.04 bits per heavy atom. The molecule has 0 spiro atoms. The number of rotatable bonds is 33. The molecule has 0 radical (unpaired) electrons. The number of primary amides is 1. The average molecular weight is 949 g/mol. The van der Waals surface area contributed by atoms with E-state index in [1.165, 1.54) is 0 Å². The number of aliphatic carboxylic acids is 3. The van der Waals surface area contributed by atoms with Gasteiger partial charge in [0.2, 0.25) is 47.3 Å². The first-order valence-corrected chi connectivity index (χ1v) is 22.0. The number of hydrogen-bond donors (Lipinski definition) is 13. The smallest absolute Gasteiger partial charge is 0.326 e. The summed E-state index contributed by atoms with van der Waals surface area (Å²) in [7, 11) is 0. The highest BCUT2D eigenvalue weighted by molar-refractivity contribution is 5.98. The molecule has 1 aromatic rings. The minimum atomic E-state index is -1.86. The minimum Gasteiger partial charge on any atom is -0.481 e. The third-order valence-electron chi connectivity index (χ3n) is 9.93. The van der Waals surface area contributed by atoms with Crippen molar-refractivity contribution >= 4 is 65.2 Å². The molecule has 1 aromatic carbocycles. The van der Waals surface area contributed by atoms with Gasteiger partial charge in [0, 0.05) is 19.3 Å². The second-order valence-corrected chi connectivity index (χ2v) is 16.9. The van der Waals surface area contributed by atoms with Crippen LogP contribution >= 0.6 is 0 Å². The Morgan fingerprint density at radius 1 is 0.552 bits per heavy atom. The van der Waals surface area contributed by atoms with Crippen LogP contribution in [0.15, 0.2) is 30.3 Å². The number of carboxylic acid groups (broad SMARTS) is 3. The first-order chi connectivity index (χ1) is 31.4. The van der Waals surface area contributed by atoms with Gasteiger partial charge >= 0.3 is 17.9 Å². The van der Waals surface area contributed by atoms with E-state index in [-0.39, 0.29) is 44.1 Å². The fraction of sp³-hybridized carbons (Fsp3) is 0.605. The lowest BCUT2D eigenvalue weighted by molar-refractivity contribution is -0.143. The summed E-state index contributed by atoms with van der Waals surface area (Å²) < 4.78 is 0. The molecule has 0 bridgehead atoms. The fourth-order valence-corrected chi connectivity index (χ4v) is 6.51. The van der Waals surface area contributed by atoms with Gasteiger partial charge in [-0.15, -0.1) is 0 Å². The molecule has 0 aliphatic heterocycles. The molecule has 24 nitrogen and oxygen atoms in total. The molecule has 0 heterocycles. The van der Waals surface area contributed by atoms with Crippen molar-refractivity contribution < 1.29 is 68.1 Å². The first kappa shape index (κ1) is 58.3. The van der Waals surface area contributed by atoms with E-state index in [0.717, 1.165) is 0 Å². The number of carbonyl (C=O) groups excluding carboxylic acids is 8. The highest BCUT2D eigenvalue weighted by Crippen LogP contribution is 2.11. The van der Waals surface area contributed by atoms with Gasteiger partial charge in [0.25, 0.3) is 0 Å². The number of hydrogen-bond acceptors (Lipinski definition) is 13. The van der Waals surface area contributed by atoms with Gasteiger partial charge in [0.15, 0.2) is 0 Å². The van der Waals surface area contributed by atoms with Crippen molar-refractivity contribution in [2.45, 2.75) is 141 Å². The van der Waals surface area contributed by atoms with Crippen LogP contribution in [0.4, 0.5) is 0 Å². The molecule has 0 fully saturated rings. The molecular formula is C43H68N10O14. The maximum absolute atomic E-state index is 13.9. The lowest BCUT2D eigenvalue weighted by Gasteiger charge is -2.26. The molecule has 1 rings (SSSR count). The lowest BCUT2D eigenvalue weighted by atomic mass is 10.0. The summed E-state index contributed by atoms with van der Waals surface area (Å²) in [4.78, 5) is 140. The van der Waals surface area contributed by atoms with E-state index < -0.39 is 146 Å². The summed E-state index contributed by atoms with van der Waals surface area (Å²) in [5.74, 6) is -12.0. The molecule has 7 unspecified atom stereocenters. The zero-order valence-electron chi connectivity index (χ0n) is 38.3. The maximum Gasteiger partial charge on any atom is 0.326 e. The Kier molecular flexibility index (Phi) is 26.6. The number of unbranched alkanes of at least 4 members (excludes halogenated alkanes) is 1. The number of carboxylic acids is 3. The molecule has 8 amide bonds. The van der Waals surface area contributed by atoms with Crippen LogP contribution in [-0.2, 0) is 59.2 Å². The Hall–Kier alpha value is -6.69. The van der Waals surface area contributed by atoms with Crippen molar-refractivity contribution in [1.82, 2.24) is 37.2 Å². The number of nitrogens with one attached hydrogen (secondary N) is 7. The summed E-state index contributed by atoms with van der Waals surface area (Å²) in [5, 5.41) is 45.0. The maximum atomic E-state index is 13.9. The number of benzene rings is 1. The van der Waals surface area contributed by atoms with E-state index in [0.29, 0.717) is 18.4 Å². The van der Waals surface area contributed by atoms with Gasteiger partial charge in [0.05, 0.1) is 19.0 Å². The van der Waals surface area contributed by atoms with E-state index >= 15 is 0 Å². The zero-order valence-corrected chi connectivity index (χ0v) is 38.3. The third-order valence-corrected chi connectivity index (χ3v) is 9.93. The normalized spacial score (nSPS) is 14.1. The predicted molar refractivity (Wildman–Crippen MR) is 240 cm³/mol. The van der Waals surface area contributed by atoms with E-state index in [1.807, 2.05) is 0 Å². The lowest BCUT2D eigenvalue weighted by Crippen LogP contribution is -2.59. The van der Waals surface area contributed by atoms with E-state index in [4.69, 9.17) is 17.2 Å². The molecule has 0 aliphatic rings. The second-order valence-electron chi connectivity index (χ2n) is 16.9. The third kappa shape index (κ3) is 24.4. The van der Waals surface area contributed by atoms with E-state index in [2.05, 4.69) is 37.2 Å². The van der Waals surface area contributed by atoms with Crippen molar-refractivity contribution in [3.63, 3.8) is 0 Å². The quantitative estimate of drug-likeness (QED) is 0.0324. The average Bonchev–Trinajstić information content (AvgIpc) is 3.23. The van der Waals surface area contributed by atoms with Gasteiger partial charge in [0.1, 0.15) is 36.3 Å². The van der Waals surface area contributed by atoms with Crippen LogP contribution in [0, 0.1) is 11.8 Å². The highest BCUT2D eigenvalue weighted by Gasteiger charge is 2.33. The Morgan fingerprint density at radius 3 is 1.57 bits per heavy atom.